The van der Waals surface area contributed by atoms with Gasteiger partial charge in [-0.1, -0.05) is 15.9 Å². The zero-order valence-electron chi connectivity index (χ0n) is 7.30. The summed E-state index contributed by atoms with van der Waals surface area (Å²) in [6.45, 7) is 1.83. The van der Waals surface area contributed by atoms with E-state index in [9.17, 15) is 4.79 Å². The number of benzene rings is 1. The maximum absolute atomic E-state index is 10.1. The lowest BCUT2D eigenvalue weighted by atomic mass is 10.2. The van der Waals surface area contributed by atoms with Gasteiger partial charge in [0, 0.05) is 10.0 Å². The Kier molecular flexibility index (Phi) is 3.23. The summed E-state index contributed by atoms with van der Waals surface area (Å²) in [5.41, 5.74) is 1.40. The van der Waals surface area contributed by atoms with Gasteiger partial charge in [0.15, 0.2) is 0 Å². The topological polar surface area (TPSA) is 38.7 Å². The fourth-order valence-electron chi connectivity index (χ4n) is 1.02. The van der Waals surface area contributed by atoms with Gasteiger partial charge in [-0.05, 0) is 19.1 Å². The highest BCUT2D eigenvalue weighted by molar-refractivity contribution is 9.10. The Balaban J connectivity index is 3.34. The Morgan fingerprint density at radius 2 is 2.23 bits per heavy atom. The van der Waals surface area contributed by atoms with Crippen LogP contribution in [0.2, 0.25) is 0 Å². The highest BCUT2D eigenvalue weighted by Gasteiger charge is 2.05. The number of isocyanates is 1. The van der Waals surface area contributed by atoms with Crippen molar-refractivity contribution in [1.29, 1.82) is 0 Å². The molecule has 0 spiro atoms. The van der Waals surface area contributed by atoms with Crippen LogP contribution in [0, 0.1) is 6.92 Å². The maximum Gasteiger partial charge on any atom is 0.240 e. The monoisotopic (exact) mass is 241 g/mol. The second-order valence-corrected chi connectivity index (χ2v) is 3.37. The molecule has 0 unspecified atom stereocenters. The molecule has 0 N–H and O–H groups in total. The number of halogens is 1. The lowest BCUT2D eigenvalue weighted by Crippen LogP contribution is -1.87. The first-order valence-corrected chi connectivity index (χ1v) is 4.40. The minimum absolute atomic E-state index is 0.571. The molecule has 0 saturated carbocycles. The largest absolute Gasteiger partial charge is 0.496 e. The number of ether oxygens (including phenoxy) is 1. The van der Waals surface area contributed by atoms with Crippen LogP contribution < -0.4 is 4.74 Å². The van der Waals surface area contributed by atoms with Crippen LogP contribution in [0.1, 0.15) is 5.56 Å². The third-order valence-electron chi connectivity index (χ3n) is 1.68. The molecule has 0 aliphatic rings. The van der Waals surface area contributed by atoms with E-state index in [1.54, 1.807) is 13.2 Å². The van der Waals surface area contributed by atoms with Crippen molar-refractivity contribution >= 4 is 27.7 Å². The molecule has 0 atom stereocenters. The average Bonchev–Trinajstić information content (AvgIpc) is 2.11. The lowest BCUT2D eigenvalue weighted by molar-refractivity contribution is 0.411. The van der Waals surface area contributed by atoms with Gasteiger partial charge in [-0.3, -0.25) is 0 Å². The van der Waals surface area contributed by atoms with Gasteiger partial charge < -0.3 is 4.74 Å². The van der Waals surface area contributed by atoms with E-state index in [-0.39, 0.29) is 0 Å². The molecule has 1 aromatic carbocycles. The highest BCUT2D eigenvalue weighted by Crippen LogP contribution is 2.31. The summed E-state index contributed by atoms with van der Waals surface area (Å²) in [4.78, 5) is 13.6. The van der Waals surface area contributed by atoms with Crippen LogP contribution in [0.25, 0.3) is 0 Å². The molecular formula is C9H8BrNO2. The van der Waals surface area contributed by atoms with Crippen LogP contribution in [0.4, 0.5) is 5.69 Å². The number of nitrogens with zero attached hydrogens (tertiary/aromatic N) is 1. The zero-order valence-corrected chi connectivity index (χ0v) is 8.88. The van der Waals surface area contributed by atoms with Gasteiger partial charge in [0.05, 0.1) is 12.8 Å². The molecule has 68 valence electrons. The van der Waals surface area contributed by atoms with Gasteiger partial charge in [0.2, 0.25) is 6.08 Å². The van der Waals surface area contributed by atoms with Crippen LogP contribution in [0.5, 0.6) is 5.75 Å². The van der Waals surface area contributed by atoms with Gasteiger partial charge >= 0.3 is 0 Å². The smallest absolute Gasteiger partial charge is 0.240 e. The number of methoxy groups -OCH3 is 1. The third kappa shape index (κ3) is 2.17. The summed E-state index contributed by atoms with van der Waals surface area (Å²) in [6.07, 6.45) is 1.50. The van der Waals surface area contributed by atoms with Crippen LogP contribution in [-0.4, -0.2) is 13.2 Å². The Labute approximate surface area is 84.6 Å². The fraction of sp³-hybridized carbons (Fsp3) is 0.222. The van der Waals surface area contributed by atoms with E-state index in [0.717, 1.165) is 10.0 Å². The first-order chi connectivity index (χ1) is 6.19. The molecule has 0 aromatic heterocycles. The van der Waals surface area contributed by atoms with E-state index in [1.807, 2.05) is 13.0 Å². The second-order valence-electron chi connectivity index (χ2n) is 2.46. The highest BCUT2D eigenvalue weighted by atomic mass is 79.9. The summed E-state index contributed by atoms with van der Waals surface area (Å²) in [7, 11) is 1.57. The minimum Gasteiger partial charge on any atom is -0.496 e. The standard InChI is InChI=1S/C9H8BrNO2/c1-6-8(11-5-12)3-7(10)4-9(6)13-2/h3-4H,1-2H3. The number of carbonyl (C=O) groups excluding carboxylic acids is 1. The summed E-state index contributed by atoms with van der Waals surface area (Å²) >= 11 is 3.29. The quantitative estimate of drug-likeness (QED) is 0.590. The molecule has 0 saturated heterocycles. The molecule has 0 heterocycles. The molecule has 0 aliphatic heterocycles. The number of rotatable bonds is 2. The molecule has 1 rings (SSSR count). The molecule has 0 bridgehead atoms. The Bertz CT molecular complexity index is 370. The van der Waals surface area contributed by atoms with Crippen molar-refractivity contribution in [2.24, 2.45) is 4.99 Å². The summed E-state index contributed by atoms with van der Waals surface area (Å²) in [5, 5.41) is 0. The fourth-order valence-corrected chi connectivity index (χ4v) is 1.44. The first-order valence-electron chi connectivity index (χ1n) is 3.61. The van der Waals surface area contributed by atoms with Crippen LogP contribution in [0.3, 0.4) is 0 Å². The van der Waals surface area contributed by atoms with Crippen molar-refractivity contribution < 1.29 is 9.53 Å². The molecule has 13 heavy (non-hydrogen) atoms. The van der Waals surface area contributed by atoms with Crippen molar-refractivity contribution in [3.05, 3.63) is 22.2 Å². The molecular weight excluding hydrogens is 234 g/mol. The minimum atomic E-state index is 0.571. The number of hydrogen-bond acceptors (Lipinski definition) is 3. The van der Waals surface area contributed by atoms with E-state index in [1.165, 1.54) is 6.08 Å². The molecule has 0 amide bonds. The van der Waals surface area contributed by atoms with Crippen LogP contribution >= 0.6 is 15.9 Å². The predicted molar refractivity (Wildman–Crippen MR) is 53.2 cm³/mol. The molecule has 3 nitrogen and oxygen atoms in total. The van der Waals surface area contributed by atoms with E-state index >= 15 is 0 Å². The second kappa shape index (κ2) is 4.21. The van der Waals surface area contributed by atoms with E-state index < -0.39 is 0 Å². The summed E-state index contributed by atoms with van der Waals surface area (Å²) < 4.78 is 5.92. The summed E-state index contributed by atoms with van der Waals surface area (Å²) in [5.74, 6) is 0.698. The summed E-state index contributed by atoms with van der Waals surface area (Å²) in [6, 6.07) is 3.56. The number of aliphatic imine (C=N–C) groups is 1. The van der Waals surface area contributed by atoms with E-state index in [4.69, 9.17) is 4.74 Å². The SMILES string of the molecule is COc1cc(Br)cc(N=C=O)c1C. The van der Waals surface area contributed by atoms with Crippen molar-refractivity contribution in [2.45, 2.75) is 6.92 Å². The molecule has 1 aromatic rings. The Morgan fingerprint density at radius 3 is 2.77 bits per heavy atom. The zero-order chi connectivity index (χ0) is 9.84. The average molecular weight is 242 g/mol. The van der Waals surface area contributed by atoms with Crippen LogP contribution in [0.15, 0.2) is 21.6 Å². The van der Waals surface area contributed by atoms with Crippen molar-refractivity contribution in [2.75, 3.05) is 7.11 Å². The van der Waals surface area contributed by atoms with Crippen molar-refractivity contribution in [3.63, 3.8) is 0 Å². The van der Waals surface area contributed by atoms with Gasteiger partial charge in [-0.2, -0.15) is 4.99 Å². The third-order valence-corrected chi connectivity index (χ3v) is 2.14. The molecule has 0 aliphatic carbocycles. The Hall–Kier alpha value is -1.12. The van der Waals surface area contributed by atoms with Gasteiger partial charge in [0.1, 0.15) is 5.75 Å². The van der Waals surface area contributed by atoms with E-state index in [2.05, 4.69) is 20.9 Å². The Morgan fingerprint density at radius 1 is 1.54 bits per heavy atom. The first kappa shape index (κ1) is 9.96. The van der Waals surface area contributed by atoms with Crippen LogP contribution in [-0.2, 0) is 4.79 Å². The molecule has 0 radical (unpaired) electrons. The molecule has 0 fully saturated rings. The maximum atomic E-state index is 10.1. The number of hydrogen-bond donors (Lipinski definition) is 0. The van der Waals surface area contributed by atoms with Gasteiger partial charge in [-0.15, -0.1) is 0 Å². The van der Waals surface area contributed by atoms with Crippen molar-refractivity contribution in [1.82, 2.24) is 0 Å². The molecule has 4 heteroatoms. The lowest BCUT2D eigenvalue weighted by Gasteiger charge is -2.06. The van der Waals surface area contributed by atoms with Crippen molar-refractivity contribution in [3.8, 4) is 5.75 Å². The van der Waals surface area contributed by atoms with Gasteiger partial charge in [-0.25, -0.2) is 4.79 Å². The van der Waals surface area contributed by atoms with E-state index in [0.29, 0.717) is 11.4 Å². The normalized spacial score (nSPS) is 9.15. The predicted octanol–water partition coefficient (Wildman–Crippen LogP) is 2.73. The van der Waals surface area contributed by atoms with Gasteiger partial charge in [0.25, 0.3) is 0 Å².